The molecule has 3 aliphatic carbocycles. The summed E-state index contributed by atoms with van der Waals surface area (Å²) in [5.74, 6) is 0.306. The molecule has 5 atom stereocenters. The summed E-state index contributed by atoms with van der Waals surface area (Å²) in [5, 5.41) is 6.55. The van der Waals surface area contributed by atoms with Gasteiger partial charge in [-0.25, -0.2) is 0 Å². The van der Waals surface area contributed by atoms with Crippen LogP contribution < -0.4 is 10.6 Å². The molecule has 0 radical (unpaired) electrons. The van der Waals surface area contributed by atoms with Crippen LogP contribution >= 0.6 is 0 Å². The van der Waals surface area contributed by atoms with E-state index in [4.69, 9.17) is 4.74 Å². The maximum atomic E-state index is 13.3. The summed E-state index contributed by atoms with van der Waals surface area (Å²) >= 11 is 0. The number of carbonyl (C=O) groups excluding carboxylic acids is 1. The van der Waals surface area contributed by atoms with Gasteiger partial charge in [0.1, 0.15) is 0 Å². The Balaban J connectivity index is 1.33. The molecule has 1 saturated carbocycles. The normalized spacial score (nSPS) is 40.1. The van der Waals surface area contributed by atoms with Crippen molar-refractivity contribution in [1.29, 1.82) is 0 Å². The Morgan fingerprint density at radius 2 is 2.19 bits per heavy atom. The monoisotopic (exact) mass is 417 g/mol. The highest BCUT2D eigenvalue weighted by Gasteiger charge is 2.65. The number of hydrogen-bond donors (Lipinski definition) is 2. The van der Waals surface area contributed by atoms with Gasteiger partial charge in [-0.05, 0) is 75.3 Å². The first-order valence-corrected chi connectivity index (χ1v) is 11.7. The van der Waals surface area contributed by atoms with E-state index in [9.17, 15) is 4.79 Å². The van der Waals surface area contributed by atoms with Gasteiger partial charge in [-0.15, -0.1) is 0 Å². The molecule has 2 spiro atoms. The molecule has 162 valence electrons. The van der Waals surface area contributed by atoms with E-state index >= 15 is 0 Å². The second-order valence-electron chi connectivity index (χ2n) is 10.3. The summed E-state index contributed by atoms with van der Waals surface area (Å²) in [6.07, 6.45) is 17.8. The lowest BCUT2D eigenvalue weighted by atomic mass is 9.59. The fourth-order valence-corrected chi connectivity index (χ4v) is 7.22. The third kappa shape index (κ3) is 2.63. The van der Waals surface area contributed by atoms with Crippen molar-refractivity contribution in [3.05, 3.63) is 59.5 Å². The van der Waals surface area contributed by atoms with Crippen LogP contribution in [0.5, 0.6) is 0 Å². The Morgan fingerprint density at radius 1 is 1.29 bits per heavy atom. The number of fused-ring (bicyclic) bond motifs is 1. The maximum Gasteiger partial charge on any atom is 0.251 e. The van der Waals surface area contributed by atoms with Gasteiger partial charge in [0.25, 0.3) is 5.91 Å². The van der Waals surface area contributed by atoms with Crippen molar-refractivity contribution >= 4 is 11.6 Å². The number of nitrogens with zero attached hydrogens (tertiary/aromatic N) is 1. The predicted molar refractivity (Wildman–Crippen MR) is 120 cm³/mol. The zero-order valence-electron chi connectivity index (χ0n) is 18.4. The number of allylic oxidation sites excluding steroid dienone is 2. The molecule has 5 nitrogen and oxygen atoms in total. The number of nitrogens with one attached hydrogen (secondary N) is 2. The maximum absolute atomic E-state index is 13.3. The summed E-state index contributed by atoms with van der Waals surface area (Å²) in [4.78, 5) is 17.4. The first-order chi connectivity index (χ1) is 15.0. The molecule has 2 aliphatic heterocycles. The van der Waals surface area contributed by atoms with Gasteiger partial charge in [0.2, 0.25) is 0 Å². The third-order valence-electron chi connectivity index (χ3n) is 8.84. The minimum Gasteiger partial charge on any atom is -0.359 e. The number of rotatable bonds is 3. The predicted octanol–water partition coefficient (Wildman–Crippen LogP) is 4.30. The van der Waals surface area contributed by atoms with Crippen molar-refractivity contribution in [1.82, 2.24) is 10.3 Å². The Kier molecular flexibility index (Phi) is 4.16. The van der Waals surface area contributed by atoms with Gasteiger partial charge in [-0.3, -0.25) is 9.78 Å². The van der Waals surface area contributed by atoms with Crippen molar-refractivity contribution in [3.8, 4) is 0 Å². The molecule has 3 heterocycles. The van der Waals surface area contributed by atoms with E-state index in [-0.39, 0.29) is 22.5 Å². The van der Waals surface area contributed by atoms with Gasteiger partial charge in [-0.1, -0.05) is 25.2 Å². The van der Waals surface area contributed by atoms with Gasteiger partial charge in [0.05, 0.1) is 23.1 Å². The fraction of sp³-hybridized carbons (Fsp3) is 0.538. The van der Waals surface area contributed by atoms with Gasteiger partial charge in [0.15, 0.2) is 0 Å². The largest absolute Gasteiger partial charge is 0.359 e. The third-order valence-corrected chi connectivity index (χ3v) is 8.84. The number of anilines is 1. The van der Waals surface area contributed by atoms with Crippen LogP contribution in [0.2, 0.25) is 0 Å². The minimum absolute atomic E-state index is 0.00101. The fourth-order valence-electron chi connectivity index (χ4n) is 7.22. The van der Waals surface area contributed by atoms with E-state index in [1.807, 2.05) is 12.1 Å². The number of carbonyl (C=O) groups is 1. The van der Waals surface area contributed by atoms with Crippen LogP contribution in [0.25, 0.3) is 0 Å². The van der Waals surface area contributed by atoms with Gasteiger partial charge in [0, 0.05) is 29.1 Å². The Bertz CT molecular complexity index is 1030. The molecule has 1 saturated heterocycles. The Labute approximate surface area is 184 Å². The van der Waals surface area contributed by atoms with Crippen molar-refractivity contribution < 1.29 is 9.53 Å². The summed E-state index contributed by atoms with van der Waals surface area (Å²) < 4.78 is 7.19. The number of pyridine rings is 1. The molecule has 5 aliphatic rings. The topological polar surface area (TPSA) is 63.2 Å². The van der Waals surface area contributed by atoms with Crippen molar-refractivity contribution in [2.45, 2.75) is 69.1 Å². The Hall–Kier alpha value is -2.24. The van der Waals surface area contributed by atoms with Crippen LogP contribution in [0.1, 0.15) is 51.9 Å². The standard InChI is InChI=1S/C26H31N3O2/c1-24-10-9-18-14-17-5-6-19(27-2)15-25(17)11-12-26(18,31-25)22(24)8-7-21(24)23(30)29-20-4-3-13-28-16-20/h3-4,7,9,13-14,16,19,22,27H,5-6,8,10-12,15H2,1-2H3,(H,29,30)/t19-,22-,24?,25-,26-/m1/s1. The molecule has 1 unspecified atom stereocenters. The number of amides is 1. The lowest BCUT2D eigenvalue weighted by Gasteiger charge is -2.54. The molecular formula is C26H31N3O2. The zero-order chi connectivity index (χ0) is 21.3. The zero-order valence-corrected chi connectivity index (χ0v) is 18.4. The number of aromatic nitrogens is 1. The van der Waals surface area contributed by atoms with E-state index in [1.165, 1.54) is 17.6 Å². The van der Waals surface area contributed by atoms with Crippen molar-refractivity contribution in [2.75, 3.05) is 12.4 Å². The van der Waals surface area contributed by atoms with E-state index in [2.05, 4.69) is 47.8 Å². The molecule has 1 aromatic rings. The number of hydrogen-bond acceptors (Lipinski definition) is 4. The highest BCUT2D eigenvalue weighted by Crippen LogP contribution is 2.66. The van der Waals surface area contributed by atoms with Crippen LogP contribution in [0, 0.1) is 11.3 Å². The molecule has 1 aromatic heterocycles. The average Bonchev–Trinajstić information content (AvgIpc) is 3.29. The highest BCUT2D eigenvalue weighted by molar-refractivity contribution is 6.05. The minimum atomic E-state index is -0.251. The van der Waals surface area contributed by atoms with Gasteiger partial charge < -0.3 is 15.4 Å². The first kappa shape index (κ1) is 19.4. The molecule has 5 heteroatoms. The van der Waals surface area contributed by atoms with Gasteiger partial charge in [-0.2, -0.15) is 0 Å². The molecule has 1 amide bonds. The molecule has 2 fully saturated rings. The smallest absolute Gasteiger partial charge is 0.251 e. The molecule has 31 heavy (non-hydrogen) atoms. The molecular weight excluding hydrogens is 386 g/mol. The summed E-state index contributed by atoms with van der Waals surface area (Å²) in [7, 11) is 2.07. The second kappa shape index (κ2) is 6.63. The van der Waals surface area contributed by atoms with Crippen LogP contribution in [0.4, 0.5) is 5.69 Å². The first-order valence-electron chi connectivity index (χ1n) is 11.7. The molecule has 2 N–H and O–H groups in total. The van der Waals surface area contributed by atoms with E-state index in [0.29, 0.717) is 12.0 Å². The molecule has 6 rings (SSSR count). The van der Waals surface area contributed by atoms with Crippen molar-refractivity contribution in [2.24, 2.45) is 11.3 Å². The van der Waals surface area contributed by atoms with E-state index < -0.39 is 0 Å². The Morgan fingerprint density at radius 3 is 3.00 bits per heavy atom. The lowest BCUT2D eigenvalue weighted by Crippen LogP contribution is -2.55. The summed E-state index contributed by atoms with van der Waals surface area (Å²) in [6, 6.07) is 4.25. The molecule has 0 aromatic carbocycles. The molecule has 2 bridgehead atoms. The number of ether oxygens (including phenoxy) is 1. The summed E-state index contributed by atoms with van der Waals surface area (Å²) in [6.45, 7) is 2.27. The second-order valence-corrected chi connectivity index (χ2v) is 10.3. The van der Waals surface area contributed by atoms with Crippen LogP contribution in [0.15, 0.2) is 59.5 Å². The van der Waals surface area contributed by atoms with Crippen LogP contribution in [0.3, 0.4) is 0 Å². The quantitative estimate of drug-likeness (QED) is 0.770. The highest BCUT2D eigenvalue weighted by atomic mass is 16.5. The van der Waals surface area contributed by atoms with Gasteiger partial charge >= 0.3 is 0 Å². The van der Waals surface area contributed by atoms with E-state index in [1.54, 1.807) is 12.4 Å². The average molecular weight is 418 g/mol. The van der Waals surface area contributed by atoms with Crippen LogP contribution in [-0.4, -0.2) is 35.2 Å². The van der Waals surface area contributed by atoms with Crippen molar-refractivity contribution in [3.63, 3.8) is 0 Å². The van der Waals surface area contributed by atoms with Crippen LogP contribution in [-0.2, 0) is 9.53 Å². The van der Waals surface area contributed by atoms with E-state index in [0.717, 1.165) is 49.8 Å². The SMILES string of the molecule is CN[C@@H]1CCC2=CC3=CCC4(C)C(C(=O)Nc5cccnc5)=CC[C@H]4[C@@]34CC[C@]2(C1)O4. The lowest BCUT2D eigenvalue weighted by molar-refractivity contribution is -0.134. The summed E-state index contributed by atoms with van der Waals surface area (Å²) in [5.41, 5.74) is 3.96.